The molecule has 1 aromatic heterocycles. The number of alkyl carbamates (subject to hydrolysis) is 1. The molecule has 1 saturated heterocycles. The molecule has 3 heterocycles. The Morgan fingerprint density at radius 1 is 0.983 bits per heavy atom. The van der Waals surface area contributed by atoms with E-state index in [1.54, 1.807) is 12.1 Å². The SMILES string of the molecule is C=C[C@@H]1C[C@]1(NC(=O)[C@@H]1C[C@@H]2CN1C(=O)[C@H](C1CCCC1)NC(=O)O[C@@H]1CCC[C@H]1CCCCCn1c(nc3cc(C#N)ccc3c1=O)O2)C(=O)NS(=O)(=O)C1CC1. The van der Waals surface area contributed by atoms with Crippen LogP contribution in [0.2, 0.25) is 0 Å². The number of rotatable bonds is 7. The third-order valence-electron chi connectivity index (χ3n) is 13.1. The number of carbonyl (C=O) groups excluding carboxylic acids is 4. The zero-order valence-corrected chi connectivity index (χ0v) is 33.3. The second-order valence-corrected chi connectivity index (χ2v) is 19.0. The van der Waals surface area contributed by atoms with Gasteiger partial charge in [-0.15, -0.1) is 6.58 Å². The van der Waals surface area contributed by atoms with E-state index in [9.17, 15) is 37.7 Å². The monoisotopic (exact) mass is 817 g/mol. The van der Waals surface area contributed by atoms with Crippen LogP contribution in [-0.4, -0.2) is 88.3 Å². The number of nitriles is 1. The van der Waals surface area contributed by atoms with E-state index in [1.807, 2.05) is 0 Å². The number of sulfonamides is 1. The van der Waals surface area contributed by atoms with Crippen molar-refractivity contribution in [1.82, 2.24) is 29.8 Å². The molecule has 0 unspecified atom stereocenters. The topological polar surface area (TPSA) is 219 Å². The smallest absolute Gasteiger partial charge is 0.408 e. The fraction of sp³-hybridized carbons (Fsp3) is 0.634. The number of ether oxygens (including phenoxy) is 2. The second kappa shape index (κ2) is 16.0. The molecule has 7 atom stereocenters. The maximum absolute atomic E-state index is 14.9. The fourth-order valence-corrected chi connectivity index (χ4v) is 11.0. The number of benzene rings is 1. The van der Waals surface area contributed by atoms with Crippen LogP contribution in [0, 0.1) is 29.1 Å². The first-order valence-corrected chi connectivity index (χ1v) is 22.3. The van der Waals surface area contributed by atoms with Gasteiger partial charge in [-0.05, 0) is 94.2 Å². The highest BCUT2D eigenvalue weighted by atomic mass is 32.2. The van der Waals surface area contributed by atoms with E-state index in [1.165, 1.54) is 21.6 Å². The van der Waals surface area contributed by atoms with E-state index in [2.05, 4.69) is 28.0 Å². The van der Waals surface area contributed by atoms with Gasteiger partial charge in [0.15, 0.2) is 0 Å². The number of hydrogen-bond donors (Lipinski definition) is 3. The third kappa shape index (κ3) is 7.91. The van der Waals surface area contributed by atoms with Crippen LogP contribution in [0.25, 0.3) is 10.9 Å². The highest BCUT2D eigenvalue weighted by Gasteiger charge is 2.62. The largest absolute Gasteiger partial charge is 0.459 e. The average molecular weight is 818 g/mol. The molecule has 0 radical (unpaired) electrons. The lowest BCUT2D eigenvalue weighted by atomic mass is 9.96. The number of fused-ring (bicyclic) bond motifs is 5. The minimum absolute atomic E-state index is 0.00730. The zero-order chi connectivity index (χ0) is 40.8. The van der Waals surface area contributed by atoms with Gasteiger partial charge in [-0.3, -0.25) is 28.5 Å². The predicted molar refractivity (Wildman–Crippen MR) is 209 cm³/mol. The molecular formula is C41H51N7O9S. The Morgan fingerprint density at radius 3 is 2.45 bits per heavy atom. The van der Waals surface area contributed by atoms with Crippen molar-refractivity contribution in [2.24, 2.45) is 17.8 Å². The van der Waals surface area contributed by atoms with E-state index in [4.69, 9.17) is 14.5 Å². The average Bonchev–Trinajstić information content (AvgIpc) is 3.99. The first kappa shape index (κ1) is 39.8. The molecule has 2 bridgehead atoms. The van der Waals surface area contributed by atoms with Crippen molar-refractivity contribution < 1.29 is 37.1 Å². The molecule has 310 valence electrons. The molecule has 1 aromatic carbocycles. The van der Waals surface area contributed by atoms with Crippen LogP contribution < -0.4 is 25.7 Å². The lowest BCUT2D eigenvalue weighted by molar-refractivity contribution is -0.142. The summed E-state index contributed by atoms with van der Waals surface area (Å²) in [7, 11) is -3.93. The molecule has 5 fully saturated rings. The molecule has 58 heavy (non-hydrogen) atoms. The van der Waals surface area contributed by atoms with Crippen molar-refractivity contribution in [1.29, 1.82) is 5.26 Å². The number of nitrogens with one attached hydrogen (secondary N) is 3. The van der Waals surface area contributed by atoms with E-state index < -0.39 is 68.7 Å². The van der Waals surface area contributed by atoms with E-state index in [0.717, 1.165) is 51.4 Å². The fourth-order valence-electron chi connectivity index (χ4n) is 9.59. The number of aromatic nitrogens is 2. The minimum Gasteiger partial charge on any atom is -0.459 e. The maximum Gasteiger partial charge on any atom is 0.408 e. The van der Waals surface area contributed by atoms with Gasteiger partial charge in [0.05, 0.1) is 34.3 Å². The lowest BCUT2D eigenvalue weighted by Gasteiger charge is -2.32. The third-order valence-corrected chi connectivity index (χ3v) is 15.0. The Balaban J connectivity index is 1.15. The van der Waals surface area contributed by atoms with Gasteiger partial charge in [0.2, 0.25) is 21.8 Å². The van der Waals surface area contributed by atoms with Crippen molar-refractivity contribution >= 4 is 44.7 Å². The van der Waals surface area contributed by atoms with Crippen LogP contribution in [0.3, 0.4) is 0 Å². The van der Waals surface area contributed by atoms with Crippen molar-refractivity contribution in [3.8, 4) is 12.1 Å². The van der Waals surface area contributed by atoms with Gasteiger partial charge >= 0.3 is 6.09 Å². The highest BCUT2D eigenvalue weighted by molar-refractivity contribution is 7.91. The lowest BCUT2D eigenvalue weighted by Crippen LogP contribution is -2.59. The normalized spacial score (nSPS) is 30.7. The molecular weight excluding hydrogens is 767 g/mol. The summed E-state index contributed by atoms with van der Waals surface area (Å²) in [5, 5.41) is 15.0. The van der Waals surface area contributed by atoms with Crippen LogP contribution >= 0.6 is 0 Å². The molecule has 17 heteroatoms. The van der Waals surface area contributed by atoms with E-state index in [-0.39, 0.29) is 61.0 Å². The molecule has 8 rings (SSSR count). The summed E-state index contributed by atoms with van der Waals surface area (Å²) in [4.78, 5) is 76.7. The molecule has 3 N–H and O–H groups in total. The summed E-state index contributed by atoms with van der Waals surface area (Å²) < 4.78 is 41.7. The molecule has 4 saturated carbocycles. The van der Waals surface area contributed by atoms with Gasteiger partial charge in [0, 0.05) is 18.9 Å². The summed E-state index contributed by atoms with van der Waals surface area (Å²) in [6.45, 7) is 3.96. The quantitative estimate of drug-likeness (QED) is 0.344. The summed E-state index contributed by atoms with van der Waals surface area (Å²) >= 11 is 0. The second-order valence-electron chi connectivity index (χ2n) is 17.0. The van der Waals surface area contributed by atoms with E-state index >= 15 is 0 Å². The van der Waals surface area contributed by atoms with Gasteiger partial charge in [-0.25, -0.2) is 13.2 Å². The Morgan fingerprint density at radius 2 is 1.72 bits per heavy atom. The number of hydrogen-bond acceptors (Lipinski definition) is 11. The van der Waals surface area contributed by atoms with Gasteiger partial charge in [0.25, 0.3) is 17.5 Å². The molecule has 2 aliphatic heterocycles. The first-order chi connectivity index (χ1) is 27.9. The molecule has 2 aromatic rings. The van der Waals surface area contributed by atoms with Gasteiger partial charge in [-0.2, -0.15) is 10.2 Å². The molecule has 4 aliphatic carbocycles. The molecule has 16 nitrogen and oxygen atoms in total. The van der Waals surface area contributed by atoms with Gasteiger partial charge in [0.1, 0.15) is 29.8 Å². The molecule has 4 amide bonds. The van der Waals surface area contributed by atoms with Gasteiger partial charge < -0.3 is 25.0 Å². The van der Waals surface area contributed by atoms with Crippen molar-refractivity contribution in [2.45, 2.75) is 138 Å². The number of carbonyl (C=O) groups is 4. The van der Waals surface area contributed by atoms with Crippen LogP contribution in [0.5, 0.6) is 6.01 Å². The first-order valence-electron chi connectivity index (χ1n) is 20.8. The van der Waals surface area contributed by atoms with Crippen molar-refractivity contribution in [2.75, 3.05) is 6.54 Å². The summed E-state index contributed by atoms with van der Waals surface area (Å²) in [5.41, 5.74) is -1.35. The van der Waals surface area contributed by atoms with Crippen LogP contribution in [-0.2, 0) is 35.7 Å². The predicted octanol–water partition coefficient (Wildman–Crippen LogP) is 3.31. The number of nitrogens with zero attached hydrogens (tertiary/aromatic N) is 4. The Kier molecular flexibility index (Phi) is 11.0. The standard InChI is InChI=1S/C41H51N7O9S/c1-2-27-21-41(27,38(52)46-58(54,55)29-15-16-29)45-35(49)32-20-28-23-48(32)37(51)34(26-10-5-6-11-26)44-40(53)57-33-13-8-12-25(33)9-4-3-7-18-47-36(50)30-17-14-24(22-42)19-31(30)43-39(47)56-28/h2,14,17,19,25-29,32-34H,1,3-13,15-16,18,20-21,23H2,(H,44,53)(H,45,49)(H,46,52)/t25-,27-,28-,32+,33-,34+,41-/m1/s1. The van der Waals surface area contributed by atoms with E-state index in [0.29, 0.717) is 43.1 Å². The van der Waals surface area contributed by atoms with Crippen molar-refractivity contribution in [3.05, 3.63) is 46.8 Å². The molecule has 6 aliphatic rings. The number of amides is 4. The van der Waals surface area contributed by atoms with Gasteiger partial charge in [-0.1, -0.05) is 31.8 Å². The Hall–Kier alpha value is -4.98. The van der Waals surface area contributed by atoms with Crippen LogP contribution in [0.15, 0.2) is 35.6 Å². The van der Waals surface area contributed by atoms with Crippen LogP contribution in [0.4, 0.5) is 4.79 Å². The summed E-state index contributed by atoms with van der Waals surface area (Å²) in [5.74, 6) is -2.67. The van der Waals surface area contributed by atoms with Crippen LogP contribution in [0.1, 0.15) is 102 Å². The summed E-state index contributed by atoms with van der Waals surface area (Å²) in [6.07, 6.45) is 9.43. The Labute approximate surface area is 337 Å². The molecule has 0 spiro atoms. The maximum atomic E-state index is 14.9. The minimum atomic E-state index is -3.93. The summed E-state index contributed by atoms with van der Waals surface area (Å²) in [6, 6.07) is 4.51. The Bertz CT molecular complexity index is 2210. The zero-order valence-electron chi connectivity index (χ0n) is 32.5. The highest BCUT2D eigenvalue weighted by Crippen LogP contribution is 2.46. The van der Waals surface area contributed by atoms with Crippen molar-refractivity contribution in [3.63, 3.8) is 0 Å².